The Morgan fingerprint density at radius 2 is 1.92 bits per heavy atom. The number of rotatable bonds is 5. The third kappa shape index (κ3) is 3.48. The smallest absolute Gasteiger partial charge is 0.322 e. The molecule has 1 aromatic rings. The van der Waals surface area contributed by atoms with Crippen LogP contribution in [0.2, 0.25) is 0 Å². The summed E-state index contributed by atoms with van der Waals surface area (Å²) in [7, 11) is 0. The van der Waals surface area contributed by atoms with E-state index in [1.54, 1.807) is 31.2 Å². The van der Waals surface area contributed by atoms with Crippen LogP contribution in [-0.4, -0.2) is 29.9 Å². The average Bonchev–Trinajstić information content (AvgIpc) is 3.36. The highest BCUT2D eigenvalue weighted by molar-refractivity contribution is 6.07. The first kappa shape index (κ1) is 19.2. The molecule has 7 nitrogen and oxygen atoms in total. The minimum Gasteiger partial charge on any atom is -0.345 e. The predicted octanol–water partition coefficient (Wildman–Crippen LogP) is 1.02. The van der Waals surface area contributed by atoms with E-state index in [4.69, 9.17) is 5.73 Å². The molecule has 1 saturated carbocycles. The van der Waals surface area contributed by atoms with Gasteiger partial charge in [-0.25, -0.2) is 4.79 Å². The van der Waals surface area contributed by atoms with E-state index in [1.165, 1.54) is 0 Å². The highest BCUT2D eigenvalue weighted by atomic mass is 35.5. The van der Waals surface area contributed by atoms with Crippen molar-refractivity contribution in [2.75, 3.05) is 6.54 Å². The molecule has 2 unspecified atom stereocenters. The molecule has 8 heteroatoms. The first-order chi connectivity index (χ1) is 11.3. The molecule has 1 heterocycles. The molecule has 2 fully saturated rings. The summed E-state index contributed by atoms with van der Waals surface area (Å²) in [5, 5.41) is 7.84. The van der Waals surface area contributed by atoms with Crippen molar-refractivity contribution in [3.8, 4) is 0 Å². The van der Waals surface area contributed by atoms with Crippen molar-refractivity contribution in [2.45, 2.75) is 37.8 Å². The van der Waals surface area contributed by atoms with Gasteiger partial charge in [-0.2, -0.15) is 0 Å². The van der Waals surface area contributed by atoms with Crippen LogP contribution < -0.4 is 21.7 Å². The van der Waals surface area contributed by atoms with Crippen LogP contribution in [0.15, 0.2) is 24.3 Å². The molecular formula is C17H23ClN4O3. The van der Waals surface area contributed by atoms with E-state index in [0.29, 0.717) is 23.6 Å². The fourth-order valence-electron chi connectivity index (χ4n) is 3.07. The second kappa shape index (κ2) is 6.65. The van der Waals surface area contributed by atoms with Crippen LogP contribution in [0.3, 0.4) is 0 Å². The molecular weight excluding hydrogens is 344 g/mol. The fraction of sp³-hybridized carbons (Fsp3) is 0.471. The van der Waals surface area contributed by atoms with Crippen LogP contribution in [0.4, 0.5) is 4.79 Å². The molecule has 25 heavy (non-hydrogen) atoms. The predicted molar refractivity (Wildman–Crippen MR) is 95.4 cm³/mol. The number of nitrogens with two attached hydrogens (primary N) is 1. The van der Waals surface area contributed by atoms with E-state index in [1.807, 2.05) is 6.92 Å². The summed E-state index contributed by atoms with van der Waals surface area (Å²) in [6.07, 6.45) is 2.17. The van der Waals surface area contributed by atoms with E-state index in [-0.39, 0.29) is 23.9 Å². The van der Waals surface area contributed by atoms with Crippen molar-refractivity contribution < 1.29 is 14.4 Å². The Morgan fingerprint density at radius 1 is 1.32 bits per heavy atom. The van der Waals surface area contributed by atoms with Gasteiger partial charge in [0.2, 0.25) is 0 Å². The Bertz CT molecular complexity index is 704. The minimum atomic E-state index is -1.12. The third-order valence-electron chi connectivity index (χ3n) is 5.07. The van der Waals surface area contributed by atoms with Gasteiger partial charge in [0.15, 0.2) is 0 Å². The molecule has 1 saturated heterocycles. The van der Waals surface area contributed by atoms with Crippen molar-refractivity contribution in [1.29, 1.82) is 0 Å². The van der Waals surface area contributed by atoms with E-state index in [9.17, 15) is 14.4 Å². The van der Waals surface area contributed by atoms with Crippen molar-refractivity contribution >= 4 is 30.3 Å². The Morgan fingerprint density at radius 3 is 2.36 bits per heavy atom. The Kier molecular flexibility index (Phi) is 5.11. The lowest BCUT2D eigenvalue weighted by atomic mass is 9.91. The largest absolute Gasteiger partial charge is 0.345 e. The first-order valence-corrected chi connectivity index (χ1v) is 8.05. The zero-order valence-electron chi connectivity index (χ0n) is 14.2. The maximum Gasteiger partial charge on any atom is 0.322 e. The highest BCUT2D eigenvalue weighted by Crippen LogP contribution is 2.39. The lowest BCUT2D eigenvalue weighted by Gasteiger charge is -2.29. The maximum atomic E-state index is 12.5. The SMILES string of the molecule is CC1(c2ccc(C(=O)NC(C)(CN)C3CC3)cc2)NC(=O)NC1=O.Cl. The molecule has 0 bridgehead atoms. The lowest BCUT2D eigenvalue weighted by Crippen LogP contribution is -2.53. The molecule has 1 aliphatic heterocycles. The van der Waals surface area contributed by atoms with Crippen LogP contribution in [-0.2, 0) is 10.3 Å². The van der Waals surface area contributed by atoms with Crippen molar-refractivity contribution in [2.24, 2.45) is 11.7 Å². The summed E-state index contributed by atoms with van der Waals surface area (Å²) < 4.78 is 0. The van der Waals surface area contributed by atoms with Gasteiger partial charge in [-0.15, -0.1) is 12.4 Å². The van der Waals surface area contributed by atoms with Crippen LogP contribution in [0.5, 0.6) is 0 Å². The van der Waals surface area contributed by atoms with E-state index in [0.717, 1.165) is 12.8 Å². The van der Waals surface area contributed by atoms with Gasteiger partial charge >= 0.3 is 6.03 Å². The van der Waals surface area contributed by atoms with Crippen LogP contribution in [0.1, 0.15) is 42.6 Å². The Balaban J connectivity index is 0.00000225. The molecule has 2 aliphatic rings. The molecule has 1 aliphatic carbocycles. The maximum absolute atomic E-state index is 12.5. The van der Waals surface area contributed by atoms with Gasteiger partial charge in [-0.1, -0.05) is 12.1 Å². The number of hydrogen-bond acceptors (Lipinski definition) is 4. The van der Waals surface area contributed by atoms with Crippen LogP contribution >= 0.6 is 12.4 Å². The van der Waals surface area contributed by atoms with E-state index >= 15 is 0 Å². The van der Waals surface area contributed by atoms with Crippen molar-refractivity contribution in [3.05, 3.63) is 35.4 Å². The van der Waals surface area contributed by atoms with Gasteiger partial charge < -0.3 is 16.4 Å². The van der Waals surface area contributed by atoms with Gasteiger partial charge in [0.25, 0.3) is 11.8 Å². The zero-order valence-corrected chi connectivity index (χ0v) is 15.0. The topological polar surface area (TPSA) is 113 Å². The third-order valence-corrected chi connectivity index (χ3v) is 5.07. The number of carbonyl (C=O) groups is 3. The standard InChI is InChI=1S/C17H22N4O3.ClH/c1-16(9-18,11-7-8-11)20-13(22)10-3-5-12(6-4-10)17(2)14(23)19-15(24)21-17;/h3-6,11H,7-9,18H2,1-2H3,(H,20,22)(H2,19,21,23,24);1H. The quantitative estimate of drug-likeness (QED) is 0.582. The molecule has 0 radical (unpaired) electrons. The van der Waals surface area contributed by atoms with Gasteiger partial charge in [0.1, 0.15) is 5.54 Å². The number of urea groups is 1. The molecule has 0 aromatic heterocycles. The number of imide groups is 1. The van der Waals surface area contributed by atoms with Gasteiger partial charge in [0.05, 0.1) is 5.54 Å². The summed E-state index contributed by atoms with van der Waals surface area (Å²) in [4.78, 5) is 35.8. The number of hydrogen-bond donors (Lipinski definition) is 4. The van der Waals surface area contributed by atoms with Crippen LogP contribution in [0.25, 0.3) is 0 Å². The summed E-state index contributed by atoms with van der Waals surface area (Å²) >= 11 is 0. The second-order valence-corrected chi connectivity index (χ2v) is 6.96. The molecule has 136 valence electrons. The molecule has 5 N–H and O–H groups in total. The molecule has 3 rings (SSSR count). The summed E-state index contributed by atoms with van der Waals surface area (Å²) in [5.41, 5.74) is 5.43. The number of benzene rings is 1. The lowest BCUT2D eigenvalue weighted by molar-refractivity contribution is -0.123. The van der Waals surface area contributed by atoms with Gasteiger partial charge in [0, 0.05) is 12.1 Å². The second-order valence-electron chi connectivity index (χ2n) is 6.96. The van der Waals surface area contributed by atoms with Gasteiger partial charge in [-0.05, 0) is 50.3 Å². The van der Waals surface area contributed by atoms with Crippen molar-refractivity contribution in [1.82, 2.24) is 16.0 Å². The van der Waals surface area contributed by atoms with E-state index in [2.05, 4.69) is 16.0 Å². The normalized spacial score (nSPS) is 24.6. The molecule has 4 amide bonds. The molecule has 2 atom stereocenters. The molecule has 1 aromatic carbocycles. The van der Waals surface area contributed by atoms with Gasteiger partial charge in [-0.3, -0.25) is 14.9 Å². The highest BCUT2D eigenvalue weighted by Gasteiger charge is 2.44. The Labute approximate surface area is 152 Å². The summed E-state index contributed by atoms with van der Waals surface area (Å²) in [6, 6.07) is 6.13. The number of halogens is 1. The molecule has 0 spiro atoms. The number of carbonyl (C=O) groups excluding carboxylic acids is 3. The monoisotopic (exact) mass is 366 g/mol. The number of nitrogens with one attached hydrogen (secondary N) is 3. The van der Waals surface area contributed by atoms with E-state index < -0.39 is 17.5 Å². The number of amides is 4. The Hall–Kier alpha value is -2.12. The summed E-state index contributed by atoms with van der Waals surface area (Å²) in [5.74, 6) is -0.164. The minimum absolute atomic E-state index is 0. The van der Waals surface area contributed by atoms with Crippen molar-refractivity contribution in [3.63, 3.8) is 0 Å². The zero-order chi connectivity index (χ0) is 17.5. The first-order valence-electron chi connectivity index (χ1n) is 8.05. The summed E-state index contributed by atoms with van der Waals surface area (Å²) in [6.45, 7) is 3.99. The average molecular weight is 367 g/mol. The fourth-order valence-corrected chi connectivity index (χ4v) is 3.07. The van der Waals surface area contributed by atoms with Crippen LogP contribution in [0, 0.1) is 5.92 Å².